The number of nitrogens with one attached hydrogen (secondary N) is 2. The van der Waals surface area contributed by atoms with Gasteiger partial charge in [-0.25, -0.2) is 13.2 Å². The molecule has 0 aliphatic heterocycles. The van der Waals surface area contributed by atoms with E-state index in [0.29, 0.717) is 0 Å². The predicted octanol–water partition coefficient (Wildman–Crippen LogP) is 2.33. The standard InChI is InChI=1S/C17H15F3N2O3/c1-21-17(24)15(9-3-5-11(18)12(19)7-9)22-16(23)10-4-6-14(25-2)13(20)8-10/h3-8,15H,1-2H3,(H,21,24)(H,22,23)/t15-/m1/s1. The molecule has 2 rings (SSSR count). The van der Waals surface area contributed by atoms with Gasteiger partial charge in [-0.3, -0.25) is 9.59 Å². The van der Waals surface area contributed by atoms with E-state index in [1.807, 2.05) is 0 Å². The van der Waals surface area contributed by atoms with Crippen molar-refractivity contribution in [2.24, 2.45) is 0 Å². The van der Waals surface area contributed by atoms with Gasteiger partial charge in [0.05, 0.1) is 7.11 Å². The van der Waals surface area contributed by atoms with Gasteiger partial charge in [0.15, 0.2) is 23.2 Å². The highest BCUT2D eigenvalue weighted by molar-refractivity contribution is 5.98. The molecule has 2 aromatic carbocycles. The summed E-state index contributed by atoms with van der Waals surface area (Å²) in [6.45, 7) is 0. The average Bonchev–Trinajstić information content (AvgIpc) is 2.61. The molecule has 25 heavy (non-hydrogen) atoms. The first-order valence-corrected chi connectivity index (χ1v) is 7.18. The van der Waals surface area contributed by atoms with Crippen LogP contribution in [0, 0.1) is 17.5 Å². The molecule has 0 bridgehead atoms. The Morgan fingerprint density at radius 1 is 1.00 bits per heavy atom. The summed E-state index contributed by atoms with van der Waals surface area (Å²) in [4.78, 5) is 24.3. The SMILES string of the molecule is CNC(=O)[C@H](NC(=O)c1ccc(OC)c(F)c1)c1ccc(F)c(F)c1. The maximum Gasteiger partial charge on any atom is 0.252 e. The fourth-order valence-corrected chi connectivity index (χ4v) is 2.16. The zero-order valence-electron chi connectivity index (χ0n) is 13.4. The molecular formula is C17H15F3N2O3. The van der Waals surface area contributed by atoms with Crippen molar-refractivity contribution in [3.05, 3.63) is 65.0 Å². The van der Waals surface area contributed by atoms with Crippen molar-refractivity contribution in [2.45, 2.75) is 6.04 Å². The lowest BCUT2D eigenvalue weighted by molar-refractivity contribution is -0.122. The first kappa shape index (κ1) is 18.3. The number of likely N-dealkylation sites (N-methyl/N-ethyl adjacent to an activating group) is 1. The number of carbonyl (C=O) groups is 2. The van der Waals surface area contributed by atoms with Gasteiger partial charge in [0.2, 0.25) is 5.91 Å². The smallest absolute Gasteiger partial charge is 0.252 e. The van der Waals surface area contributed by atoms with Crippen molar-refractivity contribution in [3.63, 3.8) is 0 Å². The van der Waals surface area contributed by atoms with E-state index in [2.05, 4.69) is 10.6 Å². The molecule has 0 aromatic heterocycles. The van der Waals surface area contributed by atoms with E-state index >= 15 is 0 Å². The molecule has 0 heterocycles. The normalized spacial score (nSPS) is 11.6. The molecular weight excluding hydrogens is 337 g/mol. The van der Waals surface area contributed by atoms with E-state index in [9.17, 15) is 22.8 Å². The first-order chi connectivity index (χ1) is 11.9. The molecule has 0 saturated carbocycles. The minimum atomic E-state index is -1.28. The van der Waals surface area contributed by atoms with E-state index in [4.69, 9.17) is 4.74 Å². The number of rotatable bonds is 5. The molecule has 0 unspecified atom stereocenters. The van der Waals surface area contributed by atoms with Gasteiger partial charge in [-0.05, 0) is 35.9 Å². The van der Waals surface area contributed by atoms with Crippen LogP contribution in [0.15, 0.2) is 36.4 Å². The summed E-state index contributed by atoms with van der Waals surface area (Å²) in [5, 5.41) is 4.68. The van der Waals surface area contributed by atoms with Gasteiger partial charge in [0.1, 0.15) is 6.04 Å². The molecule has 132 valence electrons. The van der Waals surface area contributed by atoms with Crippen LogP contribution in [-0.2, 0) is 4.79 Å². The Balaban J connectivity index is 2.30. The van der Waals surface area contributed by atoms with Gasteiger partial charge in [0, 0.05) is 12.6 Å². The summed E-state index contributed by atoms with van der Waals surface area (Å²) in [5.74, 6) is -4.44. The molecule has 0 aliphatic carbocycles. The second-order valence-electron chi connectivity index (χ2n) is 5.04. The summed E-state index contributed by atoms with van der Waals surface area (Å²) >= 11 is 0. The Hall–Kier alpha value is -3.03. The predicted molar refractivity (Wildman–Crippen MR) is 83.6 cm³/mol. The van der Waals surface area contributed by atoms with Gasteiger partial charge in [0.25, 0.3) is 5.91 Å². The highest BCUT2D eigenvalue weighted by Crippen LogP contribution is 2.20. The number of halogens is 3. The van der Waals surface area contributed by atoms with Gasteiger partial charge in [-0.15, -0.1) is 0 Å². The fraction of sp³-hybridized carbons (Fsp3) is 0.176. The Labute approximate surface area is 141 Å². The Kier molecular flexibility index (Phi) is 5.63. The molecule has 0 radical (unpaired) electrons. The Morgan fingerprint density at radius 3 is 2.28 bits per heavy atom. The number of carbonyl (C=O) groups excluding carboxylic acids is 2. The van der Waals surface area contributed by atoms with E-state index in [1.54, 1.807) is 0 Å². The largest absolute Gasteiger partial charge is 0.494 e. The zero-order chi connectivity index (χ0) is 18.6. The highest BCUT2D eigenvalue weighted by Gasteiger charge is 2.24. The summed E-state index contributed by atoms with van der Waals surface area (Å²) in [5.41, 5.74) is -0.0182. The number of amides is 2. The molecule has 2 amide bonds. The molecule has 8 heteroatoms. The third kappa shape index (κ3) is 4.09. The van der Waals surface area contributed by atoms with Crippen LogP contribution in [0.25, 0.3) is 0 Å². The van der Waals surface area contributed by atoms with Gasteiger partial charge in [-0.2, -0.15) is 0 Å². The quantitative estimate of drug-likeness (QED) is 0.868. The van der Waals surface area contributed by atoms with Crippen LogP contribution in [-0.4, -0.2) is 26.0 Å². The average molecular weight is 352 g/mol. The van der Waals surface area contributed by atoms with Crippen molar-refractivity contribution in [1.29, 1.82) is 0 Å². The van der Waals surface area contributed by atoms with Crippen LogP contribution in [0.1, 0.15) is 22.0 Å². The summed E-state index contributed by atoms with van der Waals surface area (Å²) < 4.78 is 45.0. The van der Waals surface area contributed by atoms with Gasteiger partial charge >= 0.3 is 0 Å². The number of hydrogen-bond acceptors (Lipinski definition) is 3. The Bertz CT molecular complexity index is 812. The monoisotopic (exact) mass is 352 g/mol. The molecule has 2 aromatic rings. The lowest BCUT2D eigenvalue weighted by Gasteiger charge is -2.18. The second-order valence-corrected chi connectivity index (χ2v) is 5.04. The maximum absolute atomic E-state index is 13.7. The molecule has 5 nitrogen and oxygen atoms in total. The lowest BCUT2D eigenvalue weighted by atomic mass is 10.0. The fourth-order valence-electron chi connectivity index (χ4n) is 2.16. The lowest BCUT2D eigenvalue weighted by Crippen LogP contribution is -2.39. The summed E-state index contributed by atoms with van der Waals surface area (Å²) in [6, 6.07) is 5.06. The summed E-state index contributed by atoms with van der Waals surface area (Å²) in [6.07, 6.45) is 0. The van der Waals surface area contributed by atoms with Crippen molar-refractivity contribution in [1.82, 2.24) is 10.6 Å². The van der Waals surface area contributed by atoms with Crippen LogP contribution in [0.4, 0.5) is 13.2 Å². The van der Waals surface area contributed by atoms with Crippen molar-refractivity contribution < 1.29 is 27.5 Å². The number of ether oxygens (including phenoxy) is 1. The third-order valence-electron chi connectivity index (χ3n) is 3.47. The van der Waals surface area contributed by atoms with Crippen LogP contribution in [0.5, 0.6) is 5.75 Å². The molecule has 0 aliphatic rings. The van der Waals surface area contributed by atoms with Crippen molar-refractivity contribution in [3.8, 4) is 5.75 Å². The molecule has 0 spiro atoms. The number of methoxy groups -OCH3 is 1. The first-order valence-electron chi connectivity index (χ1n) is 7.18. The number of benzene rings is 2. The molecule has 0 fully saturated rings. The van der Waals surface area contributed by atoms with E-state index in [0.717, 1.165) is 18.2 Å². The summed E-state index contributed by atoms with van der Waals surface area (Å²) in [7, 11) is 2.61. The molecule has 2 N–H and O–H groups in total. The topological polar surface area (TPSA) is 67.4 Å². The van der Waals surface area contributed by atoms with Gasteiger partial charge in [-0.1, -0.05) is 6.07 Å². The van der Waals surface area contributed by atoms with Crippen LogP contribution in [0.3, 0.4) is 0 Å². The zero-order valence-corrected chi connectivity index (χ0v) is 13.4. The van der Waals surface area contributed by atoms with E-state index in [-0.39, 0.29) is 16.9 Å². The second kappa shape index (κ2) is 7.69. The third-order valence-corrected chi connectivity index (χ3v) is 3.47. The van der Waals surface area contributed by atoms with Crippen molar-refractivity contribution >= 4 is 11.8 Å². The van der Waals surface area contributed by atoms with Crippen LogP contribution in [0.2, 0.25) is 0 Å². The van der Waals surface area contributed by atoms with Crippen molar-refractivity contribution in [2.75, 3.05) is 14.2 Å². The van der Waals surface area contributed by atoms with Gasteiger partial charge < -0.3 is 15.4 Å². The highest BCUT2D eigenvalue weighted by atomic mass is 19.2. The minimum absolute atomic E-state index is 0.0417. The maximum atomic E-state index is 13.7. The Morgan fingerprint density at radius 2 is 1.72 bits per heavy atom. The van der Waals surface area contributed by atoms with Crippen LogP contribution < -0.4 is 15.4 Å². The van der Waals surface area contributed by atoms with Crippen LogP contribution >= 0.6 is 0 Å². The number of hydrogen-bond donors (Lipinski definition) is 2. The molecule has 1 atom stereocenters. The molecule has 0 saturated heterocycles. The van der Waals surface area contributed by atoms with E-state index < -0.39 is 35.3 Å². The minimum Gasteiger partial charge on any atom is -0.494 e. The van der Waals surface area contributed by atoms with E-state index in [1.165, 1.54) is 32.4 Å².